The summed E-state index contributed by atoms with van der Waals surface area (Å²) in [6.07, 6.45) is 0. The number of hydrogen-bond donors (Lipinski definition) is 1. The monoisotopic (exact) mass is 1200 g/mol. The van der Waals surface area contributed by atoms with Crippen LogP contribution in [0.1, 0.15) is 182 Å². The lowest BCUT2D eigenvalue weighted by atomic mass is 9.91. The molecule has 0 saturated carbocycles. The van der Waals surface area contributed by atoms with Crippen molar-refractivity contribution in [3.05, 3.63) is 119 Å². The van der Waals surface area contributed by atoms with Crippen molar-refractivity contribution in [1.82, 2.24) is 24.2 Å². The fourth-order valence-electron chi connectivity index (χ4n) is 7.62. The molecule has 0 radical (unpaired) electrons. The number of Topliss-reactive ketones (excluding diaryl/α,β-unsaturated/α-hetero) is 2. The first kappa shape index (κ1) is 71.0. The van der Waals surface area contributed by atoms with E-state index in [2.05, 4.69) is 70.3 Å². The highest BCUT2D eigenvalue weighted by atomic mass is 31.2. The van der Waals surface area contributed by atoms with E-state index in [-0.39, 0.29) is 72.0 Å². The average Bonchev–Trinajstić information content (AvgIpc) is 2.48. The number of ketones is 4. The Kier molecular flexibility index (Phi) is 24.3. The van der Waals surface area contributed by atoms with Crippen molar-refractivity contribution in [2.24, 2.45) is 10.8 Å². The van der Waals surface area contributed by atoms with Crippen LogP contribution in [0, 0.1) is 10.8 Å². The highest BCUT2D eigenvalue weighted by Gasteiger charge is 2.38. The van der Waals surface area contributed by atoms with Crippen LogP contribution in [0.4, 0.5) is 0 Å². The normalized spacial score (nSPS) is 12.7. The Bertz CT molecular complexity index is 3200. The van der Waals surface area contributed by atoms with Crippen LogP contribution in [0.5, 0.6) is 11.5 Å². The van der Waals surface area contributed by atoms with Crippen molar-refractivity contribution in [3.8, 4) is 11.5 Å². The summed E-state index contributed by atoms with van der Waals surface area (Å²) in [5, 5.41) is 19.5. The number of hydrogen-bond acceptors (Lipinski definition) is 16. The Balaban J connectivity index is 0.000000298. The summed E-state index contributed by atoms with van der Waals surface area (Å²) >= 11 is 0. The minimum Gasteiger partial charge on any atom is -0.497 e. The number of aliphatic hydroxyl groups excluding tert-OH is 1. The van der Waals surface area contributed by atoms with Gasteiger partial charge in [-0.25, -0.2) is 9.24 Å². The molecule has 0 spiro atoms. The van der Waals surface area contributed by atoms with Crippen molar-refractivity contribution in [3.63, 3.8) is 0 Å². The summed E-state index contributed by atoms with van der Waals surface area (Å²) in [6, 6.07) is 24.2. The van der Waals surface area contributed by atoms with Crippen molar-refractivity contribution in [1.29, 1.82) is 0 Å². The van der Waals surface area contributed by atoms with E-state index in [1.807, 2.05) is 41.5 Å². The number of fused-ring (bicyclic) bond motifs is 2. The van der Waals surface area contributed by atoms with Gasteiger partial charge in [0, 0.05) is 58.0 Å². The average molecular weight is 1200 g/mol. The molecule has 0 atom stereocenters. The first-order valence-electron chi connectivity index (χ1n) is 28.3. The van der Waals surface area contributed by atoms with Crippen LogP contribution in [-0.4, -0.2) is 102 Å². The van der Waals surface area contributed by atoms with Crippen molar-refractivity contribution < 1.29 is 60.9 Å². The predicted octanol–water partition coefficient (Wildman–Crippen LogP) is 14.7. The van der Waals surface area contributed by atoms with Gasteiger partial charge in [-0.1, -0.05) is 104 Å². The number of aromatic nitrogens is 4. The number of phosphoric acid groups is 1. The lowest BCUT2D eigenvalue weighted by Crippen LogP contribution is -2.29. The molecular weight excluding hydrogens is 1110 g/mol. The Morgan fingerprint density at radius 2 is 0.893 bits per heavy atom. The number of aliphatic hydroxyl groups is 1. The van der Waals surface area contributed by atoms with Crippen LogP contribution < -0.4 is 9.47 Å². The molecule has 0 amide bonds. The van der Waals surface area contributed by atoms with Crippen LogP contribution >= 0.6 is 16.3 Å². The highest BCUT2D eigenvalue weighted by Crippen LogP contribution is 2.56. The Labute approximate surface area is 499 Å². The zero-order chi connectivity index (χ0) is 63.6. The Hall–Kier alpha value is -5.52. The molecule has 18 nitrogen and oxygen atoms in total. The van der Waals surface area contributed by atoms with E-state index in [1.165, 1.54) is 0 Å². The molecule has 20 heteroatoms. The number of carbonyl (C=O) groups is 4. The van der Waals surface area contributed by atoms with Gasteiger partial charge < -0.3 is 23.6 Å². The maximum absolute atomic E-state index is 13.5. The molecule has 0 bridgehead atoms. The zero-order valence-corrected chi connectivity index (χ0v) is 55.6. The van der Waals surface area contributed by atoms with Gasteiger partial charge in [0.1, 0.15) is 36.0 Å². The van der Waals surface area contributed by atoms with Gasteiger partial charge in [-0.15, -0.1) is 0 Å². The maximum atomic E-state index is 13.5. The van der Waals surface area contributed by atoms with Crippen molar-refractivity contribution in [2.75, 3.05) is 27.3 Å². The Morgan fingerprint density at radius 3 is 1.19 bits per heavy atom. The molecule has 462 valence electrons. The van der Waals surface area contributed by atoms with Gasteiger partial charge in [0.25, 0.3) is 8.53 Å². The van der Waals surface area contributed by atoms with Gasteiger partial charge >= 0.3 is 7.82 Å². The lowest BCUT2D eigenvalue weighted by Gasteiger charge is -2.36. The SMILES string of the molecule is CCN(CC)P(OC(C)(C)C)OC(C)(C)C.COc1ccc2c(C(=O)c3ccc(CO)cc3)nn(CC(=O)C(C)(C)C)c2c1.COc1ccc2c(C(=O)c3ccc(COP(=O)(OC(C)(C)C)OC(C)(C)C)cc3)nn(CC(=O)C(C)(C)C)c2c1. The van der Waals surface area contributed by atoms with E-state index >= 15 is 0 Å². The molecule has 2 aromatic heterocycles. The molecular formula is C64H93N5O13P2. The van der Waals surface area contributed by atoms with Gasteiger partial charge in [-0.3, -0.25) is 42.1 Å². The van der Waals surface area contributed by atoms with Crippen LogP contribution in [0.15, 0.2) is 84.9 Å². The number of ether oxygens (including phenoxy) is 2. The molecule has 6 aromatic rings. The first-order chi connectivity index (χ1) is 38.6. The number of methoxy groups -OCH3 is 2. The zero-order valence-electron chi connectivity index (χ0n) is 53.8. The van der Waals surface area contributed by atoms with E-state index in [0.717, 1.165) is 18.7 Å². The molecule has 6 rings (SSSR count). The third-order valence-corrected chi connectivity index (χ3v) is 16.5. The van der Waals surface area contributed by atoms with Crippen LogP contribution in [0.3, 0.4) is 0 Å². The van der Waals surface area contributed by atoms with Gasteiger partial charge in [-0.2, -0.15) is 10.2 Å². The minimum absolute atomic E-state index is 0.00811. The van der Waals surface area contributed by atoms with Gasteiger partial charge in [0.15, 0.2) is 11.6 Å². The third-order valence-electron chi connectivity index (χ3n) is 12.0. The number of carbonyl (C=O) groups excluding carboxylic acids is 4. The molecule has 0 saturated heterocycles. The minimum atomic E-state index is -3.88. The number of phosphoric ester groups is 1. The van der Waals surface area contributed by atoms with Gasteiger partial charge in [0.05, 0.1) is 60.9 Å². The molecule has 0 aliphatic heterocycles. The third kappa shape index (κ3) is 21.5. The number of benzene rings is 4. The summed E-state index contributed by atoms with van der Waals surface area (Å²) in [6.45, 7) is 40.3. The van der Waals surface area contributed by atoms with Crippen LogP contribution in [-0.2, 0) is 63.1 Å². The topological polar surface area (TPSA) is 209 Å². The fraction of sp³-hybridized carbons (Fsp3) is 0.531. The summed E-state index contributed by atoms with van der Waals surface area (Å²) in [7, 11) is -1.72. The highest BCUT2D eigenvalue weighted by molar-refractivity contribution is 7.48. The quantitative estimate of drug-likeness (QED) is 0.0525. The molecule has 84 heavy (non-hydrogen) atoms. The molecule has 0 aliphatic carbocycles. The second-order valence-corrected chi connectivity index (χ2v) is 29.2. The second-order valence-electron chi connectivity index (χ2n) is 26.2. The lowest BCUT2D eigenvalue weighted by molar-refractivity contribution is -0.127. The molecule has 4 aromatic carbocycles. The number of nitrogens with zero attached hydrogens (tertiary/aromatic N) is 5. The first-order valence-corrected chi connectivity index (χ1v) is 30.9. The van der Waals surface area contributed by atoms with E-state index in [0.29, 0.717) is 50.0 Å². The second kappa shape index (κ2) is 28.8. The molecule has 0 unspecified atom stereocenters. The van der Waals surface area contributed by atoms with Crippen molar-refractivity contribution >= 4 is 61.3 Å². The molecule has 0 aliphatic rings. The molecule has 1 N–H and O–H groups in total. The Morgan fingerprint density at radius 1 is 0.536 bits per heavy atom. The summed E-state index contributed by atoms with van der Waals surface area (Å²) in [5.41, 5.74) is 1.24. The van der Waals surface area contributed by atoms with E-state index in [1.54, 1.807) is 150 Å². The smallest absolute Gasteiger partial charge is 0.476 e. The predicted molar refractivity (Wildman–Crippen MR) is 333 cm³/mol. The maximum Gasteiger partial charge on any atom is 0.476 e. The van der Waals surface area contributed by atoms with Crippen molar-refractivity contribution in [2.45, 2.75) is 187 Å². The molecule has 2 heterocycles. The summed E-state index contributed by atoms with van der Waals surface area (Å²) < 4.78 is 58.4. The van der Waals surface area contributed by atoms with E-state index in [4.69, 9.17) is 32.1 Å². The molecule has 0 fully saturated rings. The summed E-state index contributed by atoms with van der Waals surface area (Å²) in [4.78, 5) is 51.9. The van der Waals surface area contributed by atoms with Gasteiger partial charge in [-0.05, 0) is 118 Å². The van der Waals surface area contributed by atoms with Crippen LogP contribution in [0.2, 0.25) is 0 Å². The van der Waals surface area contributed by atoms with Crippen LogP contribution in [0.25, 0.3) is 21.8 Å². The largest absolute Gasteiger partial charge is 0.497 e. The summed E-state index contributed by atoms with van der Waals surface area (Å²) in [5.74, 6) is 0.716. The fourth-order valence-corrected chi connectivity index (χ4v) is 11.1. The standard InChI is InChI=1S/C30H41N2O7P.C22H24N2O4.C12H28NO2P/c1-28(2,3)25(33)18-32-24-17-22(36-10)15-16-23(24)26(31-32)27(34)21-13-11-20(12-14-21)19-37-40(35,38-29(4,5)6)39-30(7,8)9;1-22(2,3)19(26)12-24-18-11-16(28-4)9-10-17(18)20(23-24)21(27)15-7-5-14(13-25)6-8-15;1-9-13(10-2)16(14-11(3,4)5)15-12(6,7)8/h11-17H,18-19H2,1-10H3;5-11,25H,12-13H2,1-4H3;9-10H2,1-8H3. The van der Waals surface area contributed by atoms with Gasteiger partial charge in [0.2, 0.25) is 11.6 Å². The van der Waals surface area contributed by atoms with E-state index in [9.17, 15) is 28.8 Å². The van der Waals surface area contributed by atoms with E-state index < -0.39 is 38.4 Å². The number of rotatable bonds is 21.